The molecule has 0 bridgehead atoms. The normalized spacial score (nSPS) is 28.9. The molecule has 5 unspecified atom stereocenters. The molecule has 0 aromatic carbocycles. The second-order valence-corrected chi connectivity index (χ2v) is 30.3. The Morgan fingerprint density at radius 1 is 0.495 bits per heavy atom. The maximum Gasteiger partial charge on any atom is 0.694 e. The summed E-state index contributed by atoms with van der Waals surface area (Å²) in [6.07, 6.45) is -19.0. The summed E-state index contributed by atoms with van der Waals surface area (Å²) in [6.45, 7) is -3.45. The number of fused-ring (bicyclic) bond motifs is 3. The van der Waals surface area contributed by atoms with Gasteiger partial charge < -0.3 is 71.3 Å². The predicted molar refractivity (Wildman–Crippen MR) is 344 cm³/mol. The number of imidazole rings is 3. The largest absolute Gasteiger partial charge is 0.694 e. The van der Waals surface area contributed by atoms with Crippen molar-refractivity contribution in [1.29, 1.82) is 0 Å². The molecular weight excluding hydrogens is 1520 g/mol. The Morgan fingerprint density at radius 2 is 0.838 bits per heavy atom. The molecule has 8 aromatic heterocycles. The van der Waals surface area contributed by atoms with Gasteiger partial charge in [-0.1, -0.05) is 0 Å². The van der Waals surface area contributed by atoms with Crippen LogP contribution in [0.5, 0.6) is 0 Å². The average Bonchev–Trinajstić information content (AvgIpc) is 1.64. The number of nitrogens with zero attached hydrogens (tertiary/aromatic N) is 12. The van der Waals surface area contributed by atoms with Crippen molar-refractivity contribution in [3.63, 3.8) is 0 Å². The quantitative estimate of drug-likeness (QED) is 0.0222. The van der Waals surface area contributed by atoms with Crippen molar-refractivity contribution in [2.75, 3.05) is 56.0 Å². The number of nitrogen functional groups attached to an aromatic ring is 4. The van der Waals surface area contributed by atoms with E-state index in [1.807, 2.05) is 0 Å². The van der Waals surface area contributed by atoms with Crippen molar-refractivity contribution in [1.82, 2.24) is 77.7 Å². The molecule has 5 saturated heterocycles. The average molecular weight is 1580 g/mol. The summed E-state index contributed by atoms with van der Waals surface area (Å²) in [5.74, 6) is -1.13. The first-order chi connectivity index (χ1) is 49.6. The third-order valence-electron chi connectivity index (χ3n) is 16.9. The smallest absolute Gasteiger partial charge is 0.390 e. The molecule has 5 fully saturated rings. The van der Waals surface area contributed by atoms with Crippen LogP contribution < -0.4 is 56.6 Å². The Bertz CT molecular complexity index is 5240. The summed E-state index contributed by atoms with van der Waals surface area (Å²) < 4.78 is 152. The van der Waals surface area contributed by atoms with Gasteiger partial charge in [0, 0.05) is 54.6 Å². The number of aryl methyl sites for hydroxylation is 1. The molecule has 105 heavy (non-hydrogen) atoms. The third-order valence-corrected chi connectivity index (χ3v) is 21.3. The van der Waals surface area contributed by atoms with E-state index in [4.69, 9.17) is 87.3 Å². The highest BCUT2D eigenvalue weighted by Crippen LogP contribution is 2.55. The lowest BCUT2D eigenvalue weighted by Crippen LogP contribution is -2.33. The Morgan fingerprint density at radius 3 is 1.22 bits per heavy atom. The Kier molecular flexibility index (Phi) is 21.3. The molecule has 0 spiro atoms. The highest BCUT2D eigenvalue weighted by Gasteiger charge is 2.50. The molecule has 0 radical (unpaired) electrons. The molecular formula is C49H62N20O31P5+. The van der Waals surface area contributed by atoms with Gasteiger partial charge in [-0.3, -0.25) is 98.1 Å². The number of aromatic nitrogens is 16. The Labute approximate surface area is 581 Å². The number of nitrogens with two attached hydrogens (primary N) is 4. The minimum atomic E-state index is -5.59. The van der Waals surface area contributed by atoms with Crippen LogP contribution in [0.15, 0.2) is 66.2 Å². The van der Waals surface area contributed by atoms with E-state index < -0.39 is 218 Å². The van der Waals surface area contributed by atoms with Crippen LogP contribution in [0.1, 0.15) is 68.8 Å². The molecule has 56 heteroatoms. The van der Waals surface area contributed by atoms with Gasteiger partial charge in [0.05, 0.1) is 51.5 Å². The van der Waals surface area contributed by atoms with Crippen LogP contribution in [0, 0.1) is 6.92 Å². The number of aromatic amines is 4. The Hall–Kier alpha value is -7.97. The van der Waals surface area contributed by atoms with E-state index in [-0.39, 0.29) is 75.6 Å². The number of hydrogen-bond donors (Lipinski definition) is 14. The number of hydrogen-bond acceptors (Lipinski definition) is 37. The lowest BCUT2D eigenvalue weighted by molar-refractivity contribution is -0.0642. The monoisotopic (exact) mass is 1580 g/mol. The molecule has 0 aliphatic carbocycles. The highest BCUT2D eigenvalue weighted by atomic mass is 31.2. The van der Waals surface area contributed by atoms with Gasteiger partial charge in [-0.25, -0.2) is 42.8 Å². The van der Waals surface area contributed by atoms with Crippen molar-refractivity contribution in [2.45, 2.75) is 131 Å². The summed E-state index contributed by atoms with van der Waals surface area (Å²) in [6, 6.07) is 1.21. The van der Waals surface area contributed by atoms with E-state index in [9.17, 15) is 81.2 Å². The van der Waals surface area contributed by atoms with E-state index in [1.54, 1.807) is 0 Å². The molecule has 8 aromatic rings. The van der Waals surface area contributed by atoms with Crippen LogP contribution in [-0.2, 0) is 87.2 Å². The molecule has 13 heterocycles. The van der Waals surface area contributed by atoms with E-state index in [2.05, 4.69) is 54.8 Å². The standard InChI is InChI=1S/C49H61N20O31P5/c1-18-9-66(49(76)64-41(18)71)32-6-22(99-104(83,84)89-12-26-21(5-31(94-26)65-3-2-29(50)57-48(65)75)98-102(79,80)88-11-24-19(70)4-30(92-24)67-15-54-35-38(67)58-45(51)61-42(35)72)27(95-32)13-90-105(85,86)100-23-8-34(69-17-56-37-40(69)60-47(53)63-44(37)74)96-28(23)14-91-103(81,82)97-20-7-33(93-25(20)10-87-101(77)78)68-16-55-36-39(68)59-46(52)62-43(36)73/h2-3,9,15-17,19-28,30-34,70H,4-8,10-14H2,1H3,(H16-,50,51,52,53,57,58,59,60,61,62,63,64,71,72,73,74,75,76,77,78,79,80,81,82,83,84,85,86)/p+1/t19-,20-,21-,22-,23-,24+,25+,26+,27+,28+,30+,31+,32+,33+,34+/m0/s1. The molecule has 0 saturated carbocycles. The van der Waals surface area contributed by atoms with Crippen LogP contribution in [0.25, 0.3) is 33.5 Å². The maximum atomic E-state index is 14.3. The third kappa shape index (κ3) is 16.8. The summed E-state index contributed by atoms with van der Waals surface area (Å²) in [5, 5.41) is 10.9. The zero-order chi connectivity index (χ0) is 74.9. The summed E-state index contributed by atoms with van der Waals surface area (Å²) in [5.41, 5.74) is 17.2. The van der Waals surface area contributed by atoms with Crippen LogP contribution in [-0.4, -0.2) is 201 Å². The molecule has 51 nitrogen and oxygen atoms in total. The number of aliphatic hydroxyl groups is 1. The van der Waals surface area contributed by atoms with Crippen molar-refractivity contribution in [3.05, 3.63) is 105 Å². The number of phosphoric ester groups is 4. The number of ether oxygens (including phenoxy) is 5. The fourth-order valence-corrected chi connectivity index (χ4v) is 16.2. The van der Waals surface area contributed by atoms with Crippen LogP contribution in [0.4, 0.5) is 23.7 Å². The van der Waals surface area contributed by atoms with E-state index in [0.29, 0.717) is 0 Å². The zero-order valence-electron chi connectivity index (χ0n) is 53.5. The van der Waals surface area contributed by atoms with Gasteiger partial charge in [0.15, 0.2) is 33.5 Å². The van der Waals surface area contributed by atoms with Gasteiger partial charge in [-0.05, 0) is 13.0 Å². The minimum absolute atomic E-state index is 0.00102. The lowest BCUT2D eigenvalue weighted by Gasteiger charge is -2.25. The van der Waals surface area contributed by atoms with Crippen LogP contribution >= 0.6 is 39.5 Å². The molecule has 13 rings (SSSR count). The molecule has 18 N–H and O–H groups in total. The second kappa shape index (κ2) is 29.6. The number of rotatable bonds is 28. The van der Waals surface area contributed by atoms with E-state index >= 15 is 0 Å². The number of anilines is 4. The van der Waals surface area contributed by atoms with E-state index in [0.717, 1.165) is 38.7 Å². The second-order valence-electron chi connectivity index (χ2n) is 23.9. The van der Waals surface area contributed by atoms with E-state index in [1.165, 1.54) is 28.5 Å². The zero-order valence-corrected chi connectivity index (χ0v) is 58.0. The topological polar surface area (TPSA) is 720 Å². The van der Waals surface area contributed by atoms with Crippen molar-refractivity contribution in [3.8, 4) is 0 Å². The number of phosphoric acid groups is 4. The number of H-pyrrole nitrogens is 4. The van der Waals surface area contributed by atoms with Gasteiger partial charge in [0.1, 0.15) is 98.5 Å². The number of nitrogens with one attached hydrogen (secondary N) is 4. The van der Waals surface area contributed by atoms with Crippen LogP contribution in [0.3, 0.4) is 0 Å². The summed E-state index contributed by atoms with van der Waals surface area (Å²) in [4.78, 5) is 168. The molecule has 5 aliphatic heterocycles. The molecule has 5 aliphatic rings. The van der Waals surface area contributed by atoms with Gasteiger partial charge in [0.2, 0.25) is 17.8 Å². The van der Waals surface area contributed by atoms with Gasteiger partial charge in [-0.15, -0.1) is 9.42 Å². The predicted octanol–water partition coefficient (Wildman–Crippen LogP) is -2.70. The summed E-state index contributed by atoms with van der Waals surface area (Å²) >= 11 is 0. The number of aliphatic hydroxyl groups excluding tert-OH is 1. The highest BCUT2D eigenvalue weighted by molar-refractivity contribution is 7.48. The van der Waals surface area contributed by atoms with Gasteiger partial charge in [-0.2, -0.15) is 19.9 Å². The first kappa shape index (κ1) is 75.3. The first-order valence-corrected chi connectivity index (χ1v) is 37.9. The van der Waals surface area contributed by atoms with Gasteiger partial charge in [0.25, 0.3) is 22.2 Å². The summed E-state index contributed by atoms with van der Waals surface area (Å²) in [7, 11) is -25.1. The lowest BCUT2D eigenvalue weighted by atomic mass is 10.2. The Balaban J connectivity index is 0.701. The van der Waals surface area contributed by atoms with Gasteiger partial charge >= 0.3 is 50.9 Å². The molecule has 0 amide bonds. The molecule has 20 atom stereocenters. The van der Waals surface area contributed by atoms with Crippen LogP contribution in [0.2, 0.25) is 0 Å². The maximum absolute atomic E-state index is 14.3. The van der Waals surface area contributed by atoms with Crippen molar-refractivity contribution in [2.24, 2.45) is 0 Å². The SMILES string of the molecule is Cc1cn([C@H]2C[C@H](OP(=O)(O)OC[C@H]3O[C@@H](n4ccc(N)nc4=O)C[C@@H]3OP(=O)(O)OC[C@H]3O[C@@H](n4cnc5c(=O)[nH]c(N)nc54)C[C@@H]3O)[C@@H](COP(=O)(O)O[C@H]3C[C@H](n4cnc5c(=O)[nH]c(N)nc54)O[C@@H]3COP(=O)(O)O[C@H]3C[C@H](n4cnc5c(=O)[nH]c(N)nc54)O[C@@H]3CO[P+](=O)O)O2)c(=O)[nH]c1=O. The fraction of sp³-hybridized carbons (Fsp3) is 0.531. The fourth-order valence-electron chi connectivity index (χ4n) is 12.1. The van der Waals surface area contributed by atoms with Crippen molar-refractivity contribution < 1.29 is 117 Å². The van der Waals surface area contributed by atoms with Crippen molar-refractivity contribution >= 4 is 96.7 Å². The first-order valence-electron chi connectivity index (χ1n) is 30.8. The minimum Gasteiger partial charge on any atom is -0.390 e. The molecule has 568 valence electrons.